The van der Waals surface area contributed by atoms with Crippen molar-refractivity contribution >= 4 is 11.4 Å². The molecule has 2 heteroatoms. The number of benzene rings is 1. The fourth-order valence-corrected chi connectivity index (χ4v) is 3.41. The maximum atomic E-state index is 4.96. The fraction of sp³-hybridized carbons (Fsp3) is 0.364. The quantitative estimate of drug-likeness (QED) is 0.644. The van der Waals surface area contributed by atoms with E-state index < -0.39 is 0 Å². The lowest BCUT2D eigenvalue weighted by Gasteiger charge is -2.29. The van der Waals surface area contributed by atoms with Gasteiger partial charge in [-0.2, -0.15) is 0 Å². The summed E-state index contributed by atoms with van der Waals surface area (Å²) in [6, 6.07) is 10.6. The van der Waals surface area contributed by atoms with Crippen LogP contribution in [0, 0.1) is 0 Å². The van der Waals surface area contributed by atoms with E-state index in [1.54, 1.807) is 0 Å². The van der Waals surface area contributed by atoms with Crippen LogP contribution >= 0.6 is 0 Å². The molecular weight excluding hydrogens is 292 g/mol. The molecule has 2 nitrogen and oxygen atoms in total. The largest absolute Gasteiger partial charge is 0.278 e. The molecule has 0 spiro atoms. The molecular formula is C22H26N2. The lowest BCUT2D eigenvalue weighted by atomic mass is 9.83. The van der Waals surface area contributed by atoms with Crippen LogP contribution in [0.15, 0.2) is 75.3 Å². The first kappa shape index (κ1) is 16.6. The van der Waals surface area contributed by atoms with Crippen molar-refractivity contribution in [2.24, 2.45) is 9.98 Å². The van der Waals surface area contributed by atoms with Gasteiger partial charge >= 0.3 is 0 Å². The van der Waals surface area contributed by atoms with Crippen molar-refractivity contribution in [3.05, 3.63) is 70.8 Å². The second kappa shape index (κ2) is 6.35. The van der Waals surface area contributed by atoms with Crippen LogP contribution in [0.4, 0.5) is 0 Å². The number of dihydropyridines is 1. The molecule has 3 rings (SSSR count). The molecule has 0 radical (unpaired) electrons. The van der Waals surface area contributed by atoms with Crippen LogP contribution in [0.25, 0.3) is 0 Å². The van der Waals surface area contributed by atoms with Gasteiger partial charge in [0.25, 0.3) is 0 Å². The highest BCUT2D eigenvalue weighted by Gasteiger charge is 2.27. The van der Waals surface area contributed by atoms with Crippen molar-refractivity contribution in [2.45, 2.75) is 52.6 Å². The number of rotatable bonds is 3. The molecule has 0 aromatic heterocycles. The van der Waals surface area contributed by atoms with E-state index in [2.05, 4.69) is 77.1 Å². The molecule has 2 aliphatic rings. The first-order valence-electron chi connectivity index (χ1n) is 8.75. The highest BCUT2D eigenvalue weighted by molar-refractivity contribution is 6.26. The number of fused-ring (bicyclic) bond motifs is 1. The van der Waals surface area contributed by atoms with Gasteiger partial charge in [-0.1, -0.05) is 43.3 Å². The van der Waals surface area contributed by atoms with Gasteiger partial charge in [-0.3, -0.25) is 9.98 Å². The fourth-order valence-electron chi connectivity index (χ4n) is 3.41. The molecule has 1 atom stereocenters. The van der Waals surface area contributed by atoms with Gasteiger partial charge < -0.3 is 0 Å². The molecule has 0 bridgehead atoms. The zero-order valence-corrected chi connectivity index (χ0v) is 15.3. The van der Waals surface area contributed by atoms with Crippen LogP contribution in [-0.4, -0.2) is 17.0 Å². The molecule has 1 unspecified atom stereocenters. The maximum Gasteiger partial charge on any atom is 0.0744 e. The summed E-state index contributed by atoms with van der Waals surface area (Å²) in [5.74, 6) is 0. The molecule has 124 valence electrons. The van der Waals surface area contributed by atoms with Crippen molar-refractivity contribution in [1.82, 2.24) is 0 Å². The standard InChI is InChI=1S/C22H26N2/c1-6-17-12-19(23-16(3)18-10-8-7-9-11-18)13-20-15(2)14-22(4,5)24-21(17)20/h7-14,16H,6H2,1-5H3. The number of nitrogens with zero attached hydrogens (tertiary/aromatic N) is 2. The van der Waals surface area contributed by atoms with Crippen LogP contribution in [0.2, 0.25) is 0 Å². The Morgan fingerprint density at radius 3 is 2.50 bits per heavy atom. The molecule has 1 aliphatic heterocycles. The summed E-state index contributed by atoms with van der Waals surface area (Å²) in [6.45, 7) is 10.8. The monoisotopic (exact) mass is 318 g/mol. The third-order valence-electron chi connectivity index (χ3n) is 4.57. The minimum atomic E-state index is -0.128. The second-order valence-electron chi connectivity index (χ2n) is 7.16. The highest BCUT2D eigenvalue weighted by Crippen LogP contribution is 2.32. The van der Waals surface area contributed by atoms with Gasteiger partial charge in [0.05, 0.1) is 23.0 Å². The van der Waals surface area contributed by atoms with Crippen molar-refractivity contribution in [3.63, 3.8) is 0 Å². The van der Waals surface area contributed by atoms with Gasteiger partial charge in [0, 0.05) is 5.57 Å². The Bertz CT molecular complexity index is 787. The average molecular weight is 318 g/mol. The molecule has 1 heterocycles. The van der Waals surface area contributed by atoms with Crippen molar-refractivity contribution < 1.29 is 0 Å². The zero-order valence-electron chi connectivity index (χ0n) is 15.3. The Balaban J connectivity index is 2.01. The zero-order chi connectivity index (χ0) is 17.3. The molecule has 0 fully saturated rings. The van der Waals surface area contributed by atoms with Crippen LogP contribution in [-0.2, 0) is 0 Å². The number of hydrogen-bond donors (Lipinski definition) is 0. The minimum absolute atomic E-state index is 0.128. The smallest absolute Gasteiger partial charge is 0.0744 e. The molecule has 24 heavy (non-hydrogen) atoms. The first-order chi connectivity index (χ1) is 11.4. The summed E-state index contributed by atoms with van der Waals surface area (Å²) in [4.78, 5) is 9.91. The maximum absolute atomic E-state index is 4.96. The molecule has 0 amide bonds. The van der Waals surface area contributed by atoms with E-state index in [9.17, 15) is 0 Å². The van der Waals surface area contributed by atoms with Gasteiger partial charge in [0.2, 0.25) is 0 Å². The normalized spacial score (nSPS) is 22.1. The van der Waals surface area contributed by atoms with Gasteiger partial charge in [-0.25, -0.2) is 0 Å². The van der Waals surface area contributed by atoms with E-state index in [-0.39, 0.29) is 11.6 Å². The van der Waals surface area contributed by atoms with Gasteiger partial charge in [0.15, 0.2) is 0 Å². The van der Waals surface area contributed by atoms with Crippen molar-refractivity contribution in [2.75, 3.05) is 0 Å². The Labute approximate surface area is 145 Å². The summed E-state index contributed by atoms with van der Waals surface area (Å²) >= 11 is 0. The van der Waals surface area contributed by atoms with Crippen LogP contribution in [0.1, 0.15) is 52.6 Å². The lowest BCUT2D eigenvalue weighted by molar-refractivity contribution is 0.647. The minimum Gasteiger partial charge on any atom is -0.278 e. The molecule has 0 N–H and O–H groups in total. The Hall–Kier alpha value is -2.22. The number of hydrogen-bond acceptors (Lipinski definition) is 2. The molecule has 0 saturated carbocycles. The van der Waals surface area contributed by atoms with Crippen LogP contribution in [0.5, 0.6) is 0 Å². The van der Waals surface area contributed by atoms with Crippen LogP contribution < -0.4 is 0 Å². The summed E-state index contributed by atoms with van der Waals surface area (Å²) in [7, 11) is 0. The van der Waals surface area contributed by atoms with Crippen molar-refractivity contribution in [1.29, 1.82) is 0 Å². The third-order valence-corrected chi connectivity index (χ3v) is 4.57. The number of allylic oxidation sites excluding steroid dienone is 5. The van der Waals surface area contributed by atoms with Gasteiger partial charge in [0.1, 0.15) is 0 Å². The Kier molecular flexibility index (Phi) is 4.40. The summed E-state index contributed by atoms with van der Waals surface area (Å²) < 4.78 is 0. The van der Waals surface area contributed by atoms with E-state index in [0.717, 1.165) is 17.8 Å². The molecule has 0 saturated heterocycles. The lowest BCUT2D eigenvalue weighted by Crippen LogP contribution is -2.27. The summed E-state index contributed by atoms with van der Waals surface area (Å²) in [6.07, 6.45) is 7.62. The molecule has 1 aromatic carbocycles. The van der Waals surface area contributed by atoms with Gasteiger partial charge in [-0.15, -0.1) is 0 Å². The SMILES string of the molecule is CCC1=CC(=NC(C)c2ccccc2)C=C2C(C)=CC(C)(C)N=C12. The Morgan fingerprint density at radius 1 is 1.12 bits per heavy atom. The third kappa shape index (κ3) is 3.33. The van der Waals surface area contributed by atoms with E-state index in [1.165, 1.54) is 22.3 Å². The molecule has 1 aromatic rings. The summed E-state index contributed by atoms with van der Waals surface area (Å²) in [5, 5.41) is 0. The highest BCUT2D eigenvalue weighted by atomic mass is 14.9. The van der Waals surface area contributed by atoms with E-state index >= 15 is 0 Å². The summed E-state index contributed by atoms with van der Waals surface area (Å²) in [5.41, 5.74) is 7.12. The van der Waals surface area contributed by atoms with Gasteiger partial charge in [-0.05, 0) is 63.0 Å². The molecule has 1 aliphatic carbocycles. The Morgan fingerprint density at radius 2 is 1.83 bits per heavy atom. The topological polar surface area (TPSA) is 24.7 Å². The predicted octanol–water partition coefficient (Wildman–Crippen LogP) is 5.64. The first-order valence-corrected chi connectivity index (χ1v) is 8.75. The van der Waals surface area contributed by atoms with E-state index in [4.69, 9.17) is 9.98 Å². The van der Waals surface area contributed by atoms with Crippen LogP contribution in [0.3, 0.4) is 0 Å². The van der Waals surface area contributed by atoms with Crippen molar-refractivity contribution in [3.8, 4) is 0 Å². The van der Waals surface area contributed by atoms with E-state index in [1.807, 2.05) is 6.07 Å². The predicted molar refractivity (Wildman–Crippen MR) is 104 cm³/mol. The number of aliphatic imine (C=N–C) groups is 2. The second-order valence-corrected chi connectivity index (χ2v) is 7.16. The van der Waals surface area contributed by atoms with E-state index in [0.29, 0.717) is 0 Å². The average Bonchev–Trinajstić information content (AvgIpc) is 2.55.